The lowest BCUT2D eigenvalue weighted by atomic mass is 10.1. The zero-order chi connectivity index (χ0) is 51.4. The highest BCUT2D eigenvalue weighted by Crippen LogP contribution is 2.14. The minimum atomic E-state index is -0.801. The van der Waals surface area contributed by atoms with Crippen LogP contribution in [0.3, 0.4) is 0 Å². The molecule has 0 radical (unpaired) electrons. The van der Waals surface area contributed by atoms with E-state index in [1.165, 1.54) is 122 Å². The molecule has 0 aliphatic heterocycles. The van der Waals surface area contributed by atoms with E-state index >= 15 is 0 Å². The normalized spacial score (nSPS) is 12.8. The van der Waals surface area contributed by atoms with Crippen molar-refractivity contribution in [2.45, 2.75) is 284 Å². The van der Waals surface area contributed by atoms with Gasteiger partial charge >= 0.3 is 17.9 Å². The second kappa shape index (κ2) is 58.9. The number of allylic oxidation sites excluding steroid dienone is 16. The average molecular weight is 988 g/mol. The minimum absolute atomic E-state index is 0.0964. The molecule has 0 bridgehead atoms. The first kappa shape index (κ1) is 67.3. The molecular weight excluding hydrogens is 877 g/mol. The second-order valence-corrected chi connectivity index (χ2v) is 19.7. The Labute approximate surface area is 438 Å². The molecule has 6 nitrogen and oxygen atoms in total. The van der Waals surface area contributed by atoms with Crippen LogP contribution in [-0.4, -0.2) is 37.2 Å². The van der Waals surface area contributed by atoms with Crippen LogP contribution in [0.2, 0.25) is 0 Å². The van der Waals surface area contributed by atoms with Gasteiger partial charge in [0.1, 0.15) is 13.2 Å². The van der Waals surface area contributed by atoms with Crippen LogP contribution in [-0.2, 0) is 28.6 Å². The number of ether oxygens (including phenoxy) is 3. The first-order chi connectivity index (χ1) is 35.0. The highest BCUT2D eigenvalue weighted by molar-refractivity contribution is 5.71. The van der Waals surface area contributed by atoms with Crippen molar-refractivity contribution in [2.75, 3.05) is 13.2 Å². The Hall–Kier alpha value is -3.67. The van der Waals surface area contributed by atoms with E-state index in [0.29, 0.717) is 19.3 Å². The van der Waals surface area contributed by atoms with Crippen molar-refractivity contribution in [1.29, 1.82) is 0 Å². The van der Waals surface area contributed by atoms with E-state index in [-0.39, 0.29) is 31.1 Å². The molecule has 1 unspecified atom stereocenters. The standard InChI is InChI=1S/C65H110O6/c1-4-7-10-13-16-19-22-25-28-31-34-37-40-43-46-49-52-55-58-64(67)70-61-62(60-69-63(66)57-54-51-48-45-42-39-36-33-30-27-24-21-18-15-12-9-6-3)71-65(68)59-56-53-50-47-44-41-38-35-32-29-26-23-20-17-14-11-8-5-2/h16,18-19,21-22,25,27-32,34-35,37-38,62H,4-15,17,20,23-24,26,33,36,39-61H2,1-3H3/b19-16-,21-18-,25-22-,30-27-,31-28-,32-29-,37-34-,38-35-. The van der Waals surface area contributed by atoms with Crippen LogP contribution in [0.15, 0.2) is 97.2 Å². The van der Waals surface area contributed by atoms with Gasteiger partial charge in [-0.2, -0.15) is 0 Å². The summed E-state index contributed by atoms with van der Waals surface area (Å²) in [5.74, 6) is -0.937. The highest BCUT2D eigenvalue weighted by atomic mass is 16.6. The maximum Gasteiger partial charge on any atom is 0.306 e. The number of carbonyl (C=O) groups is 3. The van der Waals surface area contributed by atoms with Gasteiger partial charge in [0.25, 0.3) is 0 Å². The van der Waals surface area contributed by atoms with E-state index < -0.39 is 6.10 Å². The van der Waals surface area contributed by atoms with Gasteiger partial charge in [-0.25, -0.2) is 0 Å². The summed E-state index contributed by atoms with van der Waals surface area (Å²) < 4.78 is 16.9. The third kappa shape index (κ3) is 57.1. The highest BCUT2D eigenvalue weighted by Gasteiger charge is 2.19. The number of hydrogen-bond donors (Lipinski definition) is 0. The van der Waals surface area contributed by atoms with E-state index in [4.69, 9.17) is 14.2 Å². The Bertz CT molecular complexity index is 1410. The monoisotopic (exact) mass is 987 g/mol. The first-order valence-electron chi connectivity index (χ1n) is 29.8. The fraction of sp³-hybridized carbons (Fsp3) is 0.708. The van der Waals surface area contributed by atoms with E-state index in [0.717, 1.165) is 116 Å². The summed E-state index contributed by atoms with van der Waals surface area (Å²) in [4.78, 5) is 38.2. The van der Waals surface area contributed by atoms with Gasteiger partial charge in [0.2, 0.25) is 0 Å². The van der Waals surface area contributed by atoms with Crippen LogP contribution in [0.4, 0.5) is 0 Å². The molecule has 0 aromatic heterocycles. The van der Waals surface area contributed by atoms with Gasteiger partial charge in [0, 0.05) is 19.3 Å². The SMILES string of the molecule is CCCCC\C=C/C=C\C=C/C=C\CCCCCCCC(=O)OCC(COC(=O)CCCCCCCCC/C=C\C/C=C\CCCCC)OC(=O)CCCCCCC/C=C\C=C/CCCCCCCCC. The van der Waals surface area contributed by atoms with Gasteiger partial charge in [0.15, 0.2) is 6.10 Å². The summed E-state index contributed by atoms with van der Waals surface area (Å²) in [6.45, 7) is 6.55. The molecule has 0 saturated carbocycles. The van der Waals surface area contributed by atoms with Gasteiger partial charge in [-0.3, -0.25) is 14.4 Å². The molecule has 0 spiro atoms. The van der Waals surface area contributed by atoms with Crippen molar-refractivity contribution in [3.63, 3.8) is 0 Å². The summed E-state index contributed by atoms with van der Waals surface area (Å²) in [6, 6.07) is 0. The Morgan fingerprint density at radius 1 is 0.296 bits per heavy atom. The summed E-state index contributed by atoms with van der Waals surface area (Å²) in [6.07, 6.45) is 78.1. The van der Waals surface area contributed by atoms with E-state index in [2.05, 4.69) is 118 Å². The predicted octanol–water partition coefficient (Wildman–Crippen LogP) is 20.1. The lowest BCUT2D eigenvalue weighted by Gasteiger charge is -2.18. The number of esters is 3. The number of rotatable bonds is 53. The predicted molar refractivity (Wildman–Crippen MR) is 307 cm³/mol. The van der Waals surface area contributed by atoms with Crippen molar-refractivity contribution in [2.24, 2.45) is 0 Å². The summed E-state index contributed by atoms with van der Waals surface area (Å²) in [5, 5.41) is 0. The fourth-order valence-electron chi connectivity index (χ4n) is 8.12. The van der Waals surface area contributed by atoms with Gasteiger partial charge in [-0.15, -0.1) is 0 Å². The van der Waals surface area contributed by atoms with Crippen LogP contribution < -0.4 is 0 Å². The molecule has 0 N–H and O–H groups in total. The van der Waals surface area contributed by atoms with Crippen molar-refractivity contribution in [1.82, 2.24) is 0 Å². The molecule has 0 saturated heterocycles. The van der Waals surface area contributed by atoms with Crippen LogP contribution >= 0.6 is 0 Å². The Kier molecular flexibility index (Phi) is 55.9. The Morgan fingerprint density at radius 2 is 0.563 bits per heavy atom. The molecule has 0 aliphatic carbocycles. The lowest BCUT2D eigenvalue weighted by Crippen LogP contribution is -2.30. The third-order valence-electron chi connectivity index (χ3n) is 12.7. The Morgan fingerprint density at radius 3 is 0.944 bits per heavy atom. The molecular formula is C65H110O6. The zero-order valence-electron chi connectivity index (χ0n) is 46.5. The van der Waals surface area contributed by atoms with Crippen molar-refractivity contribution in [3.05, 3.63) is 97.2 Å². The molecule has 0 fully saturated rings. The molecule has 0 heterocycles. The third-order valence-corrected chi connectivity index (χ3v) is 12.7. The topological polar surface area (TPSA) is 78.9 Å². The first-order valence-corrected chi connectivity index (χ1v) is 29.8. The molecule has 0 aromatic carbocycles. The van der Waals surface area contributed by atoms with Gasteiger partial charge < -0.3 is 14.2 Å². The van der Waals surface area contributed by atoms with Gasteiger partial charge in [-0.1, -0.05) is 253 Å². The molecule has 71 heavy (non-hydrogen) atoms. The molecule has 6 heteroatoms. The number of unbranched alkanes of at least 4 members (excludes halogenated alkanes) is 30. The lowest BCUT2D eigenvalue weighted by molar-refractivity contribution is -0.167. The van der Waals surface area contributed by atoms with Crippen molar-refractivity contribution in [3.8, 4) is 0 Å². The average Bonchev–Trinajstić information content (AvgIpc) is 3.37. The maximum atomic E-state index is 12.9. The number of carbonyl (C=O) groups excluding carboxylic acids is 3. The van der Waals surface area contributed by atoms with E-state index in [9.17, 15) is 14.4 Å². The van der Waals surface area contributed by atoms with Crippen LogP contribution in [0, 0.1) is 0 Å². The van der Waals surface area contributed by atoms with Crippen LogP contribution in [0.1, 0.15) is 278 Å². The van der Waals surface area contributed by atoms with E-state index in [1.54, 1.807) is 0 Å². The molecule has 0 amide bonds. The summed E-state index contributed by atoms with van der Waals surface area (Å²) in [7, 11) is 0. The molecule has 1 atom stereocenters. The van der Waals surface area contributed by atoms with Crippen molar-refractivity contribution < 1.29 is 28.6 Å². The minimum Gasteiger partial charge on any atom is -0.462 e. The van der Waals surface area contributed by atoms with Crippen molar-refractivity contribution >= 4 is 17.9 Å². The second-order valence-electron chi connectivity index (χ2n) is 19.7. The molecule has 0 rings (SSSR count). The smallest absolute Gasteiger partial charge is 0.306 e. The van der Waals surface area contributed by atoms with Gasteiger partial charge in [0.05, 0.1) is 0 Å². The molecule has 0 aromatic rings. The largest absolute Gasteiger partial charge is 0.462 e. The fourth-order valence-corrected chi connectivity index (χ4v) is 8.12. The Balaban J connectivity index is 4.49. The van der Waals surface area contributed by atoms with Crippen LogP contribution in [0.25, 0.3) is 0 Å². The van der Waals surface area contributed by atoms with Gasteiger partial charge in [-0.05, 0) is 103 Å². The summed E-state index contributed by atoms with van der Waals surface area (Å²) in [5.41, 5.74) is 0. The molecule has 406 valence electrons. The maximum absolute atomic E-state index is 12.9. The van der Waals surface area contributed by atoms with Crippen LogP contribution in [0.5, 0.6) is 0 Å². The number of hydrogen-bond acceptors (Lipinski definition) is 6. The quantitative estimate of drug-likeness (QED) is 0.0199. The van der Waals surface area contributed by atoms with E-state index in [1.807, 2.05) is 0 Å². The molecule has 0 aliphatic rings. The summed E-state index contributed by atoms with van der Waals surface area (Å²) >= 11 is 0. The zero-order valence-corrected chi connectivity index (χ0v) is 46.5.